The quantitative estimate of drug-likeness (QED) is 0.478. The van der Waals surface area contributed by atoms with Crippen LogP contribution in [-0.4, -0.2) is 63.1 Å². The highest BCUT2D eigenvalue weighted by Crippen LogP contribution is 2.45. The van der Waals surface area contributed by atoms with Gasteiger partial charge in [-0.2, -0.15) is 0 Å². The van der Waals surface area contributed by atoms with Crippen molar-refractivity contribution in [2.45, 2.75) is 38.1 Å². The molecular weight excluding hydrogens is 442 g/mol. The summed E-state index contributed by atoms with van der Waals surface area (Å²) in [6, 6.07) is 5.91. The van der Waals surface area contributed by atoms with Gasteiger partial charge in [0.05, 0.1) is 46.8 Å². The minimum Gasteiger partial charge on any atom is -0.396 e. The number of nitrogens with zero attached hydrogens (tertiary/aromatic N) is 5. The van der Waals surface area contributed by atoms with E-state index in [0.717, 1.165) is 52.3 Å². The van der Waals surface area contributed by atoms with Crippen LogP contribution < -0.4 is 16.0 Å². The predicted molar refractivity (Wildman–Crippen MR) is 139 cm³/mol. The molecule has 3 aromatic rings. The fourth-order valence-corrected chi connectivity index (χ4v) is 4.77. The summed E-state index contributed by atoms with van der Waals surface area (Å²) in [5.41, 5.74) is 11.5. The van der Waals surface area contributed by atoms with E-state index in [2.05, 4.69) is 26.8 Å². The van der Waals surface area contributed by atoms with Crippen molar-refractivity contribution in [3.8, 4) is 0 Å². The Hall–Kier alpha value is -3.72. The first-order valence-electron chi connectivity index (χ1n) is 12.1. The van der Waals surface area contributed by atoms with Gasteiger partial charge in [-0.3, -0.25) is 9.78 Å². The van der Waals surface area contributed by atoms with Gasteiger partial charge in [0.15, 0.2) is 5.82 Å². The normalized spacial score (nSPS) is 18.1. The second-order valence-electron chi connectivity index (χ2n) is 9.28. The van der Waals surface area contributed by atoms with Crippen molar-refractivity contribution in [2.24, 2.45) is 0 Å². The molecule has 35 heavy (non-hydrogen) atoms. The van der Waals surface area contributed by atoms with E-state index in [1.54, 1.807) is 18.5 Å². The van der Waals surface area contributed by atoms with Crippen LogP contribution >= 0.6 is 0 Å². The van der Waals surface area contributed by atoms with Crippen molar-refractivity contribution < 1.29 is 9.90 Å². The SMILES string of the molecule is C=Cc1cc(Nc2cc(N)c(N3CCN(C(=O)CCO)[C@H](C)C3)nc2C2CC2)c2ccncc2n1. The molecule has 9 nitrogen and oxygen atoms in total. The van der Waals surface area contributed by atoms with Gasteiger partial charge in [0, 0.05) is 49.6 Å². The lowest BCUT2D eigenvalue weighted by Crippen LogP contribution is -2.54. The first-order chi connectivity index (χ1) is 17.0. The summed E-state index contributed by atoms with van der Waals surface area (Å²) >= 11 is 0. The van der Waals surface area contributed by atoms with E-state index in [1.807, 2.05) is 30.0 Å². The van der Waals surface area contributed by atoms with E-state index in [0.29, 0.717) is 31.2 Å². The Labute approximate surface area is 204 Å². The second kappa shape index (κ2) is 9.50. The van der Waals surface area contributed by atoms with Crippen molar-refractivity contribution in [1.82, 2.24) is 19.9 Å². The number of hydrogen-bond donors (Lipinski definition) is 3. The molecule has 0 aromatic carbocycles. The van der Waals surface area contributed by atoms with E-state index >= 15 is 0 Å². The monoisotopic (exact) mass is 473 g/mol. The molecule has 1 saturated heterocycles. The standard InChI is InChI=1S/C26H31N7O2/c1-3-18-12-21(19-6-8-28-14-23(19)29-18)30-22-13-20(27)26(31-25(22)17-4-5-17)32-9-10-33(16(2)15-32)24(35)7-11-34/h3,6,8,12-14,16-17,34H,1,4-5,7,9-11,15,27H2,2H3,(H,29,30)/t16-/m1/s1. The fourth-order valence-electron chi connectivity index (χ4n) is 4.77. The summed E-state index contributed by atoms with van der Waals surface area (Å²) in [6.45, 7) is 7.65. The first kappa shape index (κ1) is 23.0. The van der Waals surface area contributed by atoms with Crippen LogP contribution in [0, 0.1) is 0 Å². The van der Waals surface area contributed by atoms with Gasteiger partial charge >= 0.3 is 0 Å². The van der Waals surface area contributed by atoms with E-state index in [-0.39, 0.29) is 25.0 Å². The zero-order chi connectivity index (χ0) is 24.5. The topological polar surface area (TPSA) is 120 Å². The van der Waals surface area contributed by atoms with Gasteiger partial charge < -0.3 is 26.0 Å². The molecule has 0 bridgehead atoms. The van der Waals surface area contributed by atoms with Gasteiger partial charge in [0.2, 0.25) is 5.91 Å². The van der Waals surface area contributed by atoms with E-state index < -0.39 is 0 Å². The lowest BCUT2D eigenvalue weighted by atomic mass is 10.1. The van der Waals surface area contributed by atoms with Gasteiger partial charge in [0.25, 0.3) is 0 Å². The molecule has 2 fully saturated rings. The fraction of sp³-hybridized carbons (Fsp3) is 0.385. The zero-order valence-corrected chi connectivity index (χ0v) is 19.9. The van der Waals surface area contributed by atoms with Crippen LogP contribution in [-0.2, 0) is 4.79 Å². The van der Waals surface area contributed by atoms with Crippen LogP contribution in [0.25, 0.3) is 17.0 Å². The largest absolute Gasteiger partial charge is 0.396 e. The minimum atomic E-state index is -0.128. The molecule has 9 heteroatoms. The molecule has 4 heterocycles. The average molecular weight is 474 g/mol. The maximum atomic E-state index is 12.3. The van der Waals surface area contributed by atoms with Crippen molar-refractivity contribution in [2.75, 3.05) is 42.2 Å². The van der Waals surface area contributed by atoms with E-state index in [9.17, 15) is 4.79 Å². The Kier molecular flexibility index (Phi) is 6.25. The molecule has 0 radical (unpaired) electrons. The van der Waals surface area contributed by atoms with Crippen LogP contribution in [0.1, 0.15) is 43.5 Å². The molecule has 182 valence electrons. The van der Waals surface area contributed by atoms with Crippen LogP contribution in [0.5, 0.6) is 0 Å². The Morgan fingerprint density at radius 3 is 2.83 bits per heavy atom. The van der Waals surface area contributed by atoms with Crippen molar-refractivity contribution in [3.05, 3.63) is 48.6 Å². The molecular formula is C26H31N7O2. The van der Waals surface area contributed by atoms with Gasteiger partial charge in [-0.1, -0.05) is 6.58 Å². The number of nitrogens with one attached hydrogen (secondary N) is 1. The van der Waals surface area contributed by atoms with Crippen molar-refractivity contribution >= 4 is 45.8 Å². The molecule has 1 aliphatic heterocycles. The van der Waals surface area contributed by atoms with Gasteiger partial charge in [-0.15, -0.1) is 0 Å². The number of amides is 1. The first-order valence-corrected chi connectivity index (χ1v) is 12.1. The lowest BCUT2D eigenvalue weighted by molar-refractivity contribution is -0.134. The Bertz CT molecular complexity index is 1270. The molecule has 3 aromatic heterocycles. The lowest BCUT2D eigenvalue weighted by Gasteiger charge is -2.41. The zero-order valence-electron chi connectivity index (χ0n) is 19.9. The highest BCUT2D eigenvalue weighted by molar-refractivity contribution is 5.94. The summed E-state index contributed by atoms with van der Waals surface area (Å²) in [4.78, 5) is 30.2. The predicted octanol–water partition coefficient (Wildman–Crippen LogP) is 3.29. The number of anilines is 4. The third-order valence-corrected chi connectivity index (χ3v) is 6.71. The summed E-state index contributed by atoms with van der Waals surface area (Å²) in [5.74, 6) is 1.15. The Balaban J connectivity index is 1.45. The average Bonchev–Trinajstić information content (AvgIpc) is 3.69. The number of pyridine rings is 3. The second-order valence-corrected chi connectivity index (χ2v) is 9.28. The van der Waals surface area contributed by atoms with Crippen molar-refractivity contribution in [1.29, 1.82) is 0 Å². The molecule has 2 aliphatic rings. The number of rotatable bonds is 7. The highest BCUT2D eigenvalue weighted by atomic mass is 16.3. The number of nitrogen functional groups attached to an aromatic ring is 1. The molecule has 5 rings (SSSR count). The van der Waals surface area contributed by atoms with Crippen molar-refractivity contribution in [3.63, 3.8) is 0 Å². The Morgan fingerprint density at radius 1 is 1.29 bits per heavy atom. The van der Waals surface area contributed by atoms with Gasteiger partial charge in [0.1, 0.15) is 0 Å². The summed E-state index contributed by atoms with van der Waals surface area (Å²) in [6.07, 6.45) is 7.59. The molecule has 0 unspecified atom stereocenters. The number of hydrogen-bond acceptors (Lipinski definition) is 8. The maximum absolute atomic E-state index is 12.3. The summed E-state index contributed by atoms with van der Waals surface area (Å²) in [5, 5.41) is 13.7. The van der Waals surface area contributed by atoms with Crippen LogP contribution in [0.4, 0.5) is 22.9 Å². The summed E-state index contributed by atoms with van der Waals surface area (Å²) < 4.78 is 0. The van der Waals surface area contributed by atoms with E-state index in [1.165, 1.54) is 0 Å². The number of piperazine rings is 1. The number of aliphatic hydroxyl groups is 1. The maximum Gasteiger partial charge on any atom is 0.225 e. The molecule has 1 amide bonds. The number of nitrogens with two attached hydrogens (primary N) is 1. The molecule has 4 N–H and O–H groups in total. The highest BCUT2D eigenvalue weighted by Gasteiger charge is 2.32. The number of carbonyl (C=O) groups is 1. The Morgan fingerprint density at radius 2 is 2.11 bits per heavy atom. The van der Waals surface area contributed by atoms with Crippen LogP contribution in [0.15, 0.2) is 37.2 Å². The molecule has 0 spiro atoms. The number of aromatic nitrogens is 3. The molecule has 1 aliphatic carbocycles. The molecule has 1 atom stereocenters. The van der Waals surface area contributed by atoms with Crippen LogP contribution in [0.3, 0.4) is 0 Å². The third kappa shape index (κ3) is 4.64. The van der Waals surface area contributed by atoms with Crippen LogP contribution in [0.2, 0.25) is 0 Å². The smallest absolute Gasteiger partial charge is 0.225 e. The summed E-state index contributed by atoms with van der Waals surface area (Å²) in [7, 11) is 0. The van der Waals surface area contributed by atoms with E-state index in [4.69, 9.17) is 15.8 Å². The van der Waals surface area contributed by atoms with Gasteiger partial charge in [-0.05, 0) is 44.0 Å². The number of aliphatic hydroxyl groups excluding tert-OH is 1. The molecule has 1 saturated carbocycles. The number of carbonyl (C=O) groups excluding carboxylic acids is 1. The minimum absolute atomic E-state index is 0.0142. The van der Waals surface area contributed by atoms with Gasteiger partial charge in [-0.25, -0.2) is 9.97 Å². The third-order valence-electron chi connectivity index (χ3n) is 6.71. The number of fused-ring (bicyclic) bond motifs is 1.